The van der Waals surface area contributed by atoms with Crippen LogP contribution in [0.3, 0.4) is 0 Å². The summed E-state index contributed by atoms with van der Waals surface area (Å²) < 4.78 is 21.9. The monoisotopic (exact) mass is 217 g/mol. The predicted molar refractivity (Wildman–Crippen MR) is 56.6 cm³/mol. The Balaban J connectivity index is 1.76. The molecule has 3 nitrogen and oxygen atoms in total. The lowest BCUT2D eigenvalue weighted by molar-refractivity contribution is 0.386. The number of nitrogens with two attached hydrogens (primary N) is 1. The molecule has 0 saturated heterocycles. The molecule has 0 radical (unpaired) electrons. The van der Waals surface area contributed by atoms with Crippen LogP contribution in [0.2, 0.25) is 0 Å². The molecule has 3 atom stereocenters. The van der Waals surface area contributed by atoms with E-state index in [0.717, 1.165) is 11.8 Å². The van der Waals surface area contributed by atoms with E-state index in [4.69, 9.17) is 5.73 Å². The van der Waals surface area contributed by atoms with Crippen molar-refractivity contribution in [2.45, 2.75) is 31.7 Å². The van der Waals surface area contributed by atoms with E-state index in [0.29, 0.717) is 12.3 Å². The third-order valence-electron chi connectivity index (χ3n) is 3.71. The first kappa shape index (κ1) is 10.4. The van der Waals surface area contributed by atoms with E-state index in [1.54, 1.807) is 0 Å². The first-order valence-corrected chi connectivity index (χ1v) is 7.45. The normalized spacial score (nSPS) is 38.0. The van der Waals surface area contributed by atoms with Gasteiger partial charge in [0.2, 0.25) is 0 Å². The Kier molecular flexibility index (Phi) is 2.60. The lowest BCUT2D eigenvalue weighted by atomic mass is 9.93. The third kappa shape index (κ3) is 2.48. The zero-order valence-electron chi connectivity index (χ0n) is 8.65. The molecule has 0 bridgehead atoms. The van der Waals surface area contributed by atoms with Gasteiger partial charge in [0.1, 0.15) is 9.84 Å². The van der Waals surface area contributed by atoms with Gasteiger partial charge in [-0.05, 0) is 43.4 Å². The largest absolute Gasteiger partial charge is 0.327 e. The summed E-state index contributed by atoms with van der Waals surface area (Å²) in [6.07, 6.45) is 5.81. The minimum absolute atomic E-state index is 0.109. The number of sulfone groups is 1. The zero-order chi connectivity index (χ0) is 10.3. The van der Waals surface area contributed by atoms with E-state index in [1.165, 1.54) is 25.5 Å². The summed E-state index contributed by atoms with van der Waals surface area (Å²) >= 11 is 0. The summed E-state index contributed by atoms with van der Waals surface area (Å²) in [7, 11) is -2.83. The molecule has 2 rings (SSSR count). The molecule has 2 saturated carbocycles. The van der Waals surface area contributed by atoms with Crippen molar-refractivity contribution in [3.8, 4) is 0 Å². The Hall–Kier alpha value is -0.0900. The molecule has 14 heavy (non-hydrogen) atoms. The van der Waals surface area contributed by atoms with Crippen LogP contribution in [-0.2, 0) is 9.84 Å². The van der Waals surface area contributed by atoms with Gasteiger partial charge in [0.15, 0.2) is 0 Å². The minimum atomic E-state index is -2.83. The lowest BCUT2D eigenvalue weighted by Gasteiger charge is -2.19. The van der Waals surface area contributed by atoms with E-state index < -0.39 is 9.84 Å². The van der Waals surface area contributed by atoms with E-state index >= 15 is 0 Å². The topological polar surface area (TPSA) is 60.2 Å². The fraction of sp³-hybridized carbons (Fsp3) is 1.00. The summed E-state index contributed by atoms with van der Waals surface area (Å²) in [4.78, 5) is 0. The second-order valence-corrected chi connectivity index (χ2v) is 7.33. The van der Waals surface area contributed by atoms with Crippen molar-refractivity contribution in [2.75, 3.05) is 12.0 Å². The maximum Gasteiger partial charge on any atom is 0.147 e. The molecule has 0 spiro atoms. The molecule has 0 aromatic heterocycles. The zero-order valence-corrected chi connectivity index (χ0v) is 9.46. The van der Waals surface area contributed by atoms with Gasteiger partial charge in [-0.2, -0.15) is 0 Å². The number of fused-ring (bicyclic) bond motifs is 1. The first-order chi connectivity index (χ1) is 6.46. The Morgan fingerprint density at radius 3 is 2.36 bits per heavy atom. The van der Waals surface area contributed by atoms with Crippen LogP contribution < -0.4 is 5.73 Å². The van der Waals surface area contributed by atoms with Gasteiger partial charge in [0.25, 0.3) is 0 Å². The van der Waals surface area contributed by atoms with Gasteiger partial charge in [0, 0.05) is 12.3 Å². The van der Waals surface area contributed by atoms with Crippen molar-refractivity contribution in [1.82, 2.24) is 0 Å². The lowest BCUT2D eigenvalue weighted by Crippen LogP contribution is -2.31. The van der Waals surface area contributed by atoms with E-state index in [9.17, 15) is 8.42 Å². The van der Waals surface area contributed by atoms with E-state index in [-0.39, 0.29) is 11.8 Å². The predicted octanol–water partition coefficient (Wildman–Crippen LogP) is 0.794. The van der Waals surface area contributed by atoms with Crippen LogP contribution in [-0.4, -0.2) is 26.5 Å². The van der Waals surface area contributed by atoms with Gasteiger partial charge < -0.3 is 5.73 Å². The molecule has 82 valence electrons. The summed E-state index contributed by atoms with van der Waals surface area (Å²) in [6.45, 7) is 0. The maximum atomic E-state index is 11.0. The average molecular weight is 217 g/mol. The fourth-order valence-electron chi connectivity index (χ4n) is 2.70. The van der Waals surface area contributed by atoms with Gasteiger partial charge in [-0.3, -0.25) is 0 Å². The van der Waals surface area contributed by atoms with Gasteiger partial charge in [-0.15, -0.1) is 0 Å². The molecule has 2 aliphatic carbocycles. The Bertz CT molecular complexity index is 302. The summed E-state index contributed by atoms with van der Waals surface area (Å²) in [5, 5.41) is 0. The smallest absolute Gasteiger partial charge is 0.147 e. The van der Waals surface area contributed by atoms with Crippen LogP contribution in [0.4, 0.5) is 0 Å². The van der Waals surface area contributed by atoms with Crippen LogP contribution in [0.25, 0.3) is 0 Å². The molecule has 0 amide bonds. The van der Waals surface area contributed by atoms with Crippen molar-refractivity contribution < 1.29 is 8.42 Å². The molecule has 0 aromatic carbocycles. The van der Waals surface area contributed by atoms with Crippen LogP contribution >= 0.6 is 0 Å². The van der Waals surface area contributed by atoms with Crippen molar-refractivity contribution in [2.24, 2.45) is 23.5 Å². The first-order valence-electron chi connectivity index (χ1n) is 5.39. The second kappa shape index (κ2) is 3.49. The molecule has 0 heterocycles. The highest BCUT2D eigenvalue weighted by atomic mass is 32.2. The van der Waals surface area contributed by atoms with Crippen molar-refractivity contribution >= 4 is 9.84 Å². The highest BCUT2D eigenvalue weighted by Gasteiger charge is 2.47. The van der Waals surface area contributed by atoms with Crippen molar-refractivity contribution in [3.05, 3.63) is 0 Å². The molecule has 2 aliphatic rings. The Labute approximate surface area is 86.0 Å². The van der Waals surface area contributed by atoms with Crippen LogP contribution in [0.1, 0.15) is 25.7 Å². The summed E-state index contributed by atoms with van der Waals surface area (Å²) in [5.41, 5.74) is 6.00. The summed E-state index contributed by atoms with van der Waals surface area (Å²) in [6, 6.07) is 0.109. The molecule has 0 aliphatic heterocycles. The standard InChI is InChI=1S/C10H19NO2S/c1-14(12,13)3-2-10(11)9-5-7-4-8(7)6-9/h7-10H,2-6,11H2,1H3. The van der Waals surface area contributed by atoms with Crippen LogP contribution in [0, 0.1) is 17.8 Å². The minimum Gasteiger partial charge on any atom is -0.327 e. The second-order valence-electron chi connectivity index (χ2n) is 5.07. The summed E-state index contributed by atoms with van der Waals surface area (Å²) in [5.74, 6) is 2.72. The van der Waals surface area contributed by atoms with E-state index in [1.807, 2.05) is 0 Å². The number of rotatable bonds is 4. The van der Waals surface area contributed by atoms with Crippen LogP contribution in [0.5, 0.6) is 0 Å². The van der Waals surface area contributed by atoms with Crippen molar-refractivity contribution in [1.29, 1.82) is 0 Å². The number of hydrogen-bond donors (Lipinski definition) is 1. The molecule has 0 aromatic rings. The maximum absolute atomic E-state index is 11.0. The quantitative estimate of drug-likeness (QED) is 0.757. The highest BCUT2D eigenvalue weighted by Crippen LogP contribution is 2.55. The molecule has 4 heteroatoms. The number of hydrogen-bond acceptors (Lipinski definition) is 3. The molecular weight excluding hydrogens is 198 g/mol. The molecule has 2 N–H and O–H groups in total. The molecule has 3 unspecified atom stereocenters. The van der Waals surface area contributed by atoms with Crippen molar-refractivity contribution in [3.63, 3.8) is 0 Å². The van der Waals surface area contributed by atoms with Gasteiger partial charge in [-0.1, -0.05) is 0 Å². The van der Waals surface area contributed by atoms with Gasteiger partial charge in [0.05, 0.1) is 5.75 Å². The average Bonchev–Trinajstić information content (AvgIpc) is 2.68. The Morgan fingerprint density at radius 2 is 1.86 bits per heavy atom. The van der Waals surface area contributed by atoms with E-state index in [2.05, 4.69) is 0 Å². The fourth-order valence-corrected chi connectivity index (χ4v) is 3.40. The molecular formula is C10H19NO2S. The molecule has 2 fully saturated rings. The third-order valence-corrected chi connectivity index (χ3v) is 4.68. The van der Waals surface area contributed by atoms with Gasteiger partial charge in [-0.25, -0.2) is 8.42 Å². The van der Waals surface area contributed by atoms with Gasteiger partial charge >= 0.3 is 0 Å². The Morgan fingerprint density at radius 1 is 1.29 bits per heavy atom. The highest BCUT2D eigenvalue weighted by molar-refractivity contribution is 7.90. The SMILES string of the molecule is CS(=O)(=O)CCC(N)C1CC2CC2C1. The van der Waals surface area contributed by atoms with Crippen LogP contribution in [0.15, 0.2) is 0 Å².